The summed E-state index contributed by atoms with van der Waals surface area (Å²) in [5.41, 5.74) is 0.668. The first kappa shape index (κ1) is 17.1. The van der Waals surface area contributed by atoms with Gasteiger partial charge in [0.15, 0.2) is 0 Å². The van der Waals surface area contributed by atoms with Gasteiger partial charge in [-0.15, -0.1) is 0 Å². The predicted octanol–water partition coefficient (Wildman–Crippen LogP) is 5.57. The molecule has 23 heavy (non-hydrogen) atoms. The number of anilines is 2. The minimum atomic E-state index is -4.58. The molecule has 0 radical (unpaired) electrons. The zero-order valence-corrected chi connectivity index (χ0v) is 12.9. The van der Waals surface area contributed by atoms with E-state index in [4.69, 9.17) is 11.6 Å². The number of hydrogen-bond donors (Lipinski definition) is 2. The Morgan fingerprint density at radius 1 is 1.04 bits per heavy atom. The third-order valence-electron chi connectivity index (χ3n) is 3.15. The van der Waals surface area contributed by atoms with E-state index in [-0.39, 0.29) is 5.69 Å². The lowest BCUT2D eigenvalue weighted by Gasteiger charge is -2.12. The smallest absolute Gasteiger partial charge is 0.308 e. The fourth-order valence-electron chi connectivity index (χ4n) is 1.94. The van der Waals surface area contributed by atoms with Gasteiger partial charge < -0.3 is 10.6 Å². The Kier molecular flexibility index (Phi) is 5.15. The fraction of sp³-hybridized carbons (Fsp3) is 0.188. The molecule has 3 nitrogen and oxygen atoms in total. The molecule has 2 aromatic carbocycles. The van der Waals surface area contributed by atoms with Gasteiger partial charge in [-0.3, -0.25) is 0 Å². The minimum absolute atomic E-state index is 0.00408. The summed E-state index contributed by atoms with van der Waals surface area (Å²) in [6, 6.07) is 9.72. The third-order valence-corrected chi connectivity index (χ3v) is 3.48. The van der Waals surface area contributed by atoms with Crippen LogP contribution in [-0.2, 0) is 12.6 Å². The summed E-state index contributed by atoms with van der Waals surface area (Å²) < 4.78 is 38.3. The Labute approximate surface area is 136 Å². The van der Waals surface area contributed by atoms with Crippen molar-refractivity contribution in [2.75, 3.05) is 10.6 Å². The molecule has 0 atom stereocenters. The Morgan fingerprint density at radius 3 is 2.17 bits per heavy atom. The van der Waals surface area contributed by atoms with Gasteiger partial charge in [0.1, 0.15) is 0 Å². The van der Waals surface area contributed by atoms with Crippen LogP contribution in [0.1, 0.15) is 18.1 Å². The number of amides is 2. The van der Waals surface area contributed by atoms with Crippen molar-refractivity contribution in [3.63, 3.8) is 0 Å². The lowest BCUT2D eigenvalue weighted by atomic mass is 10.1. The van der Waals surface area contributed by atoms with Gasteiger partial charge in [0.05, 0.1) is 10.6 Å². The van der Waals surface area contributed by atoms with Crippen LogP contribution in [0, 0.1) is 0 Å². The molecule has 0 fully saturated rings. The third kappa shape index (κ3) is 4.63. The van der Waals surface area contributed by atoms with Gasteiger partial charge in [-0.1, -0.05) is 30.7 Å². The summed E-state index contributed by atoms with van der Waals surface area (Å²) in [5.74, 6) is 0. The van der Waals surface area contributed by atoms with Gasteiger partial charge in [0, 0.05) is 11.4 Å². The van der Waals surface area contributed by atoms with Crippen LogP contribution < -0.4 is 10.6 Å². The molecular weight excluding hydrogens is 329 g/mol. The number of halogens is 4. The van der Waals surface area contributed by atoms with Crippen LogP contribution in [0.2, 0.25) is 5.02 Å². The van der Waals surface area contributed by atoms with E-state index in [1.807, 2.05) is 19.1 Å². The quantitative estimate of drug-likeness (QED) is 0.752. The van der Waals surface area contributed by atoms with Gasteiger partial charge in [-0.25, -0.2) is 4.79 Å². The number of carbonyl (C=O) groups excluding carboxylic acids is 1. The van der Waals surface area contributed by atoms with E-state index in [9.17, 15) is 18.0 Å². The van der Waals surface area contributed by atoms with Crippen molar-refractivity contribution >= 4 is 29.0 Å². The van der Waals surface area contributed by atoms with E-state index in [2.05, 4.69) is 10.6 Å². The maximum atomic E-state index is 12.8. The van der Waals surface area contributed by atoms with Crippen molar-refractivity contribution in [2.24, 2.45) is 0 Å². The van der Waals surface area contributed by atoms with Gasteiger partial charge in [0.25, 0.3) is 0 Å². The SMILES string of the molecule is CCc1ccc(NC(=O)Nc2ccc(Cl)c(C(F)(F)F)c2)cc1. The van der Waals surface area contributed by atoms with E-state index in [0.717, 1.165) is 24.1 Å². The molecule has 2 amide bonds. The number of hydrogen-bond acceptors (Lipinski definition) is 1. The second kappa shape index (κ2) is 6.91. The van der Waals surface area contributed by atoms with Gasteiger partial charge in [-0.05, 0) is 42.3 Å². The number of aryl methyl sites for hydroxylation is 1. The average molecular weight is 343 g/mol. The normalized spacial score (nSPS) is 11.2. The number of nitrogens with one attached hydrogen (secondary N) is 2. The first-order valence-corrected chi connectivity index (χ1v) is 7.21. The van der Waals surface area contributed by atoms with E-state index in [1.54, 1.807) is 12.1 Å². The van der Waals surface area contributed by atoms with E-state index < -0.39 is 22.8 Å². The van der Waals surface area contributed by atoms with Crippen LogP contribution in [-0.4, -0.2) is 6.03 Å². The molecule has 0 aliphatic rings. The summed E-state index contributed by atoms with van der Waals surface area (Å²) >= 11 is 5.53. The molecular formula is C16H14ClF3N2O. The molecule has 0 aliphatic heterocycles. The Hall–Kier alpha value is -2.21. The Morgan fingerprint density at radius 2 is 1.61 bits per heavy atom. The van der Waals surface area contributed by atoms with Crippen molar-refractivity contribution in [3.8, 4) is 0 Å². The number of benzene rings is 2. The van der Waals surface area contributed by atoms with Crippen LogP contribution in [0.3, 0.4) is 0 Å². The molecule has 2 rings (SSSR count). The van der Waals surface area contributed by atoms with Crippen molar-refractivity contribution < 1.29 is 18.0 Å². The standard InChI is InChI=1S/C16H14ClF3N2O/c1-2-10-3-5-11(6-4-10)21-15(23)22-12-7-8-14(17)13(9-12)16(18,19)20/h3-9H,2H2,1H3,(H2,21,22,23). The summed E-state index contributed by atoms with van der Waals surface area (Å²) in [4.78, 5) is 11.8. The lowest BCUT2D eigenvalue weighted by molar-refractivity contribution is -0.137. The van der Waals surface area contributed by atoms with Gasteiger partial charge in [0.2, 0.25) is 0 Å². The monoisotopic (exact) mass is 342 g/mol. The fourth-order valence-corrected chi connectivity index (χ4v) is 2.16. The zero-order valence-electron chi connectivity index (χ0n) is 12.2. The highest BCUT2D eigenvalue weighted by molar-refractivity contribution is 6.31. The molecule has 0 aliphatic carbocycles. The predicted molar refractivity (Wildman–Crippen MR) is 84.9 cm³/mol. The zero-order chi connectivity index (χ0) is 17.0. The van der Waals surface area contributed by atoms with Crippen molar-refractivity contribution in [3.05, 3.63) is 58.6 Å². The van der Waals surface area contributed by atoms with Crippen LogP contribution in [0.15, 0.2) is 42.5 Å². The molecule has 2 N–H and O–H groups in total. The number of urea groups is 1. The second-order valence-electron chi connectivity index (χ2n) is 4.82. The van der Waals surface area contributed by atoms with E-state index >= 15 is 0 Å². The number of carbonyl (C=O) groups is 1. The highest BCUT2D eigenvalue weighted by Crippen LogP contribution is 2.36. The molecule has 0 spiro atoms. The summed E-state index contributed by atoms with van der Waals surface area (Å²) in [7, 11) is 0. The average Bonchev–Trinajstić information content (AvgIpc) is 2.49. The van der Waals surface area contributed by atoms with Gasteiger partial charge >= 0.3 is 12.2 Å². The summed E-state index contributed by atoms with van der Waals surface area (Å²) in [6.07, 6.45) is -3.71. The van der Waals surface area contributed by atoms with Crippen molar-refractivity contribution in [1.29, 1.82) is 0 Å². The van der Waals surface area contributed by atoms with E-state index in [1.165, 1.54) is 6.07 Å². The summed E-state index contributed by atoms with van der Waals surface area (Å²) in [6.45, 7) is 2.01. The molecule has 0 unspecified atom stereocenters. The Bertz CT molecular complexity index is 699. The maximum absolute atomic E-state index is 12.8. The first-order valence-electron chi connectivity index (χ1n) is 6.83. The topological polar surface area (TPSA) is 41.1 Å². The molecule has 0 bridgehead atoms. The van der Waals surface area contributed by atoms with Crippen LogP contribution in [0.25, 0.3) is 0 Å². The molecule has 0 saturated carbocycles. The van der Waals surface area contributed by atoms with Crippen LogP contribution in [0.5, 0.6) is 0 Å². The molecule has 2 aromatic rings. The molecule has 0 aromatic heterocycles. The molecule has 0 heterocycles. The van der Waals surface area contributed by atoms with Gasteiger partial charge in [-0.2, -0.15) is 13.2 Å². The first-order chi connectivity index (χ1) is 10.8. The van der Waals surface area contributed by atoms with Crippen molar-refractivity contribution in [1.82, 2.24) is 0 Å². The lowest BCUT2D eigenvalue weighted by Crippen LogP contribution is -2.19. The maximum Gasteiger partial charge on any atom is 0.417 e. The highest BCUT2D eigenvalue weighted by Gasteiger charge is 2.33. The second-order valence-corrected chi connectivity index (χ2v) is 5.23. The highest BCUT2D eigenvalue weighted by atomic mass is 35.5. The molecule has 122 valence electrons. The summed E-state index contributed by atoms with van der Waals surface area (Å²) in [5, 5.41) is 4.48. The van der Waals surface area contributed by atoms with Crippen LogP contribution in [0.4, 0.5) is 29.3 Å². The number of alkyl halides is 3. The minimum Gasteiger partial charge on any atom is -0.308 e. The number of rotatable bonds is 3. The largest absolute Gasteiger partial charge is 0.417 e. The van der Waals surface area contributed by atoms with Crippen LogP contribution >= 0.6 is 11.6 Å². The molecule has 7 heteroatoms. The van der Waals surface area contributed by atoms with Crippen molar-refractivity contribution in [2.45, 2.75) is 19.5 Å². The Balaban J connectivity index is 2.08. The van der Waals surface area contributed by atoms with E-state index in [0.29, 0.717) is 5.69 Å². The molecule has 0 saturated heterocycles.